The number of carbonyl (C=O) groups is 1. The smallest absolute Gasteiger partial charge is 0.306 e. The topological polar surface area (TPSA) is 26.3 Å². The number of carbonyl (C=O) groups excluding carboxylic acids is 1. The summed E-state index contributed by atoms with van der Waals surface area (Å²) >= 11 is 0. The molecule has 0 saturated heterocycles. The largest absolute Gasteiger partial charge is 0.458 e. The number of unbranched alkanes of at least 4 members (excludes halogenated alkanes) is 4. The van der Waals surface area contributed by atoms with Gasteiger partial charge in [0.15, 0.2) is 0 Å². The van der Waals surface area contributed by atoms with Crippen LogP contribution < -0.4 is 0 Å². The van der Waals surface area contributed by atoms with Crippen LogP contribution in [0.15, 0.2) is 54.6 Å². The second-order valence-electron chi connectivity index (χ2n) is 6.28. The molecule has 0 amide bonds. The summed E-state index contributed by atoms with van der Waals surface area (Å²) in [6.45, 7) is 4.13. The van der Waals surface area contributed by atoms with Crippen molar-refractivity contribution < 1.29 is 9.53 Å². The summed E-state index contributed by atoms with van der Waals surface area (Å²) in [5.74, 6) is -0.0915. The second-order valence-corrected chi connectivity index (χ2v) is 6.28. The van der Waals surface area contributed by atoms with E-state index in [9.17, 15) is 4.79 Å². The maximum absolute atomic E-state index is 11.9. The third-order valence-corrected chi connectivity index (χ3v) is 4.28. The molecule has 2 aromatic rings. The van der Waals surface area contributed by atoms with Gasteiger partial charge >= 0.3 is 5.97 Å². The Labute approximate surface area is 145 Å². The van der Waals surface area contributed by atoms with Crippen LogP contribution in [0.5, 0.6) is 0 Å². The van der Waals surface area contributed by atoms with Gasteiger partial charge in [0, 0.05) is 6.42 Å². The molecule has 2 nitrogen and oxygen atoms in total. The Morgan fingerprint density at radius 2 is 1.50 bits per heavy atom. The third-order valence-electron chi connectivity index (χ3n) is 4.28. The lowest BCUT2D eigenvalue weighted by Crippen LogP contribution is -2.08. The van der Waals surface area contributed by atoms with E-state index in [0.29, 0.717) is 6.42 Å². The van der Waals surface area contributed by atoms with Crippen LogP contribution in [0.25, 0.3) is 11.1 Å². The molecule has 0 heterocycles. The summed E-state index contributed by atoms with van der Waals surface area (Å²) in [5.41, 5.74) is 3.41. The van der Waals surface area contributed by atoms with Crippen molar-refractivity contribution in [3.63, 3.8) is 0 Å². The van der Waals surface area contributed by atoms with E-state index < -0.39 is 0 Å². The first-order valence-electron chi connectivity index (χ1n) is 9.05. The van der Waals surface area contributed by atoms with Gasteiger partial charge in [0.05, 0.1) is 0 Å². The molecule has 0 saturated carbocycles. The van der Waals surface area contributed by atoms with E-state index in [-0.39, 0.29) is 12.1 Å². The molecule has 0 fully saturated rings. The quantitative estimate of drug-likeness (QED) is 0.398. The highest BCUT2D eigenvalue weighted by atomic mass is 16.5. The van der Waals surface area contributed by atoms with E-state index in [1.54, 1.807) is 0 Å². The zero-order valence-corrected chi connectivity index (χ0v) is 14.8. The molecule has 2 rings (SSSR count). The fourth-order valence-corrected chi connectivity index (χ4v) is 2.77. The Morgan fingerprint density at radius 1 is 0.875 bits per heavy atom. The first-order chi connectivity index (χ1) is 11.7. The number of benzene rings is 2. The molecule has 0 spiro atoms. The number of ether oxygens (including phenoxy) is 1. The SMILES string of the molecule is CCCCCCCC(=O)OC(C)c1ccc(-c2ccccc2)cc1. The van der Waals surface area contributed by atoms with Gasteiger partial charge in [0.25, 0.3) is 0 Å². The summed E-state index contributed by atoms with van der Waals surface area (Å²) < 4.78 is 5.55. The molecule has 0 aliphatic carbocycles. The molecular weight excluding hydrogens is 296 g/mol. The number of rotatable bonds is 9. The average Bonchev–Trinajstić information content (AvgIpc) is 2.62. The first kappa shape index (κ1) is 18.3. The van der Waals surface area contributed by atoms with Crippen molar-refractivity contribution in [3.8, 4) is 11.1 Å². The van der Waals surface area contributed by atoms with Gasteiger partial charge in [-0.2, -0.15) is 0 Å². The summed E-state index contributed by atoms with van der Waals surface area (Å²) in [5, 5.41) is 0. The van der Waals surface area contributed by atoms with Crippen LogP contribution in [0.4, 0.5) is 0 Å². The molecule has 0 radical (unpaired) electrons. The van der Waals surface area contributed by atoms with Gasteiger partial charge in [-0.1, -0.05) is 87.2 Å². The standard InChI is InChI=1S/C22H28O2/c1-3-4-5-6-10-13-22(23)24-18(2)19-14-16-21(17-15-19)20-11-8-7-9-12-20/h7-9,11-12,14-18H,3-6,10,13H2,1-2H3. The lowest BCUT2D eigenvalue weighted by atomic mass is 10.0. The maximum Gasteiger partial charge on any atom is 0.306 e. The number of hydrogen-bond donors (Lipinski definition) is 0. The normalized spacial score (nSPS) is 11.9. The second kappa shape index (κ2) is 9.92. The van der Waals surface area contributed by atoms with Crippen LogP contribution in [0, 0.1) is 0 Å². The molecule has 0 aromatic heterocycles. The zero-order chi connectivity index (χ0) is 17.2. The van der Waals surface area contributed by atoms with Crippen molar-refractivity contribution in [2.45, 2.75) is 58.5 Å². The van der Waals surface area contributed by atoms with Crippen molar-refractivity contribution in [3.05, 3.63) is 60.2 Å². The van der Waals surface area contributed by atoms with Crippen molar-refractivity contribution in [1.29, 1.82) is 0 Å². The summed E-state index contributed by atoms with van der Waals surface area (Å²) in [7, 11) is 0. The Bertz CT molecular complexity index is 602. The minimum absolute atomic E-state index is 0.0915. The van der Waals surface area contributed by atoms with Crippen LogP contribution in [0.3, 0.4) is 0 Å². The molecule has 0 N–H and O–H groups in total. The highest BCUT2D eigenvalue weighted by Crippen LogP contribution is 2.23. The van der Waals surface area contributed by atoms with Crippen LogP contribution in [0.1, 0.15) is 64.0 Å². The van der Waals surface area contributed by atoms with Gasteiger partial charge < -0.3 is 4.74 Å². The van der Waals surface area contributed by atoms with Gasteiger partial charge in [-0.25, -0.2) is 0 Å². The Hall–Kier alpha value is -2.09. The maximum atomic E-state index is 11.9. The van der Waals surface area contributed by atoms with E-state index in [0.717, 1.165) is 18.4 Å². The Morgan fingerprint density at radius 3 is 2.17 bits per heavy atom. The molecule has 1 atom stereocenters. The summed E-state index contributed by atoms with van der Waals surface area (Å²) in [6, 6.07) is 18.5. The van der Waals surface area contributed by atoms with Crippen molar-refractivity contribution >= 4 is 5.97 Å². The van der Waals surface area contributed by atoms with E-state index in [1.165, 1.54) is 30.4 Å². The number of hydrogen-bond acceptors (Lipinski definition) is 2. The zero-order valence-electron chi connectivity index (χ0n) is 14.8. The summed E-state index contributed by atoms with van der Waals surface area (Å²) in [6.07, 6.45) is 6.05. The van der Waals surface area contributed by atoms with E-state index in [4.69, 9.17) is 4.74 Å². The fourth-order valence-electron chi connectivity index (χ4n) is 2.77. The minimum Gasteiger partial charge on any atom is -0.458 e. The predicted molar refractivity (Wildman–Crippen MR) is 99.8 cm³/mol. The monoisotopic (exact) mass is 324 g/mol. The molecule has 128 valence electrons. The number of esters is 1. The Kier molecular flexibility index (Phi) is 7.54. The lowest BCUT2D eigenvalue weighted by molar-refractivity contribution is -0.148. The highest BCUT2D eigenvalue weighted by molar-refractivity contribution is 5.69. The van der Waals surface area contributed by atoms with Crippen LogP contribution in [0.2, 0.25) is 0 Å². The van der Waals surface area contributed by atoms with Gasteiger partial charge in [-0.3, -0.25) is 4.79 Å². The van der Waals surface area contributed by atoms with Crippen molar-refractivity contribution in [1.82, 2.24) is 0 Å². The minimum atomic E-state index is -0.196. The Balaban J connectivity index is 1.82. The highest BCUT2D eigenvalue weighted by Gasteiger charge is 2.11. The van der Waals surface area contributed by atoms with Crippen molar-refractivity contribution in [2.75, 3.05) is 0 Å². The molecule has 1 unspecified atom stereocenters. The molecule has 2 aromatic carbocycles. The molecule has 0 bridgehead atoms. The van der Waals surface area contributed by atoms with Crippen LogP contribution in [-0.4, -0.2) is 5.97 Å². The van der Waals surface area contributed by atoms with Gasteiger partial charge in [0.2, 0.25) is 0 Å². The van der Waals surface area contributed by atoms with Crippen LogP contribution >= 0.6 is 0 Å². The molecule has 2 heteroatoms. The third kappa shape index (κ3) is 5.84. The summed E-state index contributed by atoms with van der Waals surface area (Å²) in [4.78, 5) is 11.9. The molecular formula is C22H28O2. The van der Waals surface area contributed by atoms with Crippen molar-refractivity contribution in [2.24, 2.45) is 0 Å². The van der Waals surface area contributed by atoms with Gasteiger partial charge in [0.1, 0.15) is 6.10 Å². The fraction of sp³-hybridized carbons (Fsp3) is 0.409. The van der Waals surface area contributed by atoms with E-state index in [2.05, 4.69) is 31.2 Å². The predicted octanol–water partition coefficient (Wildman–Crippen LogP) is 6.32. The van der Waals surface area contributed by atoms with Gasteiger partial charge in [-0.05, 0) is 30.0 Å². The van der Waals surface area contributed by atoms with E-state index in [1.807, 2.05) is 37.3 Å². The van der Waals surface area contributed by atoms with Crippen LogP contribution in [-0.2, 0) is 9.53 Å². The molecule has 0 aliphatic rings. The van der Waals surface area contributed by atoms with E-state index >= 15 is 0 Å². The average molecular weight is 324 g/mol. The van der Waals surface area contributed by atoms with Gasteiger partial charge in [-0.15, -0.1) is 0 Å². The first-order valence-corrected chi connectivity index (χ1v) is 9.05. The lowest BCUT2D eigenvalue weighted by Gasteiger charge is -2.14. The molecule has 0 aliphatic heterocycles. The molecule has 24 heavy (non-hydrogen) atoms.